The molecule has 0 aliphatic carbocycles. The number of carbonyl (C=O) groups excluding carboxylic acids is 1. The average Bonchev–Trinajstić information content (AvgIpc) is 3.46. The summed E-state index contributed by atoms with van der Waals surface area (Å²) in [5, 5.41) is 20.0. The van der Waals surface area contributed by atoms with Crippen LogP contribution < -0.4 is 0 Å². The van der Waals surface area contributed by atoms with E-state index in [1.807, 2.05) is 4.90 Å². The third-order valence-electron chi connectivity index (χ3n) is 5.07. The Morgan fingerprint density at radius 3 is 2.47 bits per heavy atom. The first kappa shape index (κ1) is 21.5. The van der Waals surface area contributed by atoms with Crippen molar-refractivity contribution in [3.63, 3.8) is 0 Å². The lowest BCUT2D eigenvalue weighted by Crippen LogP contribution is -2.49. The number of aromatic carboxylic acids is 1. The highest BCUT2D eigenvalue weighted by Crippen LogP contribution is 2.34. The number of amides is 1. The normalized spacial score (nSPS) is 15.2. The van der Waals surface area contributed by atoms with Crippen molar-refractivity contribution in [2.75, 3.05) is 26.2 Å². The fourth-order valence-corrected chi connectivity index (χ4v) is 3.41. The van der Waals surface area contributed by atoms with Crippen LogP contribution in [0, 0.1) is 0 Å². The van der Waals surface area contributed by atoms with Crippen molar-refractivity contribution in [3.05, 3.63) is 53.7 Å². The van der Waals surface area contributed by atoms with Crippen molar-refractivity contribution in [2.24, 2.45) is 0 Å². The van der Waals surface area contributed by atoms with Crippen LogP contribution >= 0.6 is 0 Å². The quantitative estimate of drug-likeness (QED) is 0.644. The molecule has 2 aromatic heterocycles. The van der Waals surface area contributed by atoms with Crippen LogP contribution in [0.4, 0.5) is 18.0 Å². The lowest BCUT2D eigenvalue weighted by molar-refractivity contribution is -0.137. The highest BCUT2D eigenvalue weighted by Gasteiger charge is 2.32. The molecule has 1 aromatic carbocycles. The number of halogens is 3. The zero-order valence-electron chi connectivity index (χ0n) is 16.5. The van der Waals surface area contributed by atoms with Gasteiger partial charge >= 0.3 is 18.2 Å². The second kappa shape index (κ2) is 8.42. The monoisotopic (exact) mass is 450 g/mol. The predicted octanol–water partition coefficient (Wildman–Crippen LogP) is 2.44. The van der Waals surface area contributed by atoms with Crippen LogP contribution in [0.25, 0.3) is 11.5 Å². The highest BCUT2D eigenvalue weighted by molar-refractivity contribution is 5.86. The van der Waals surface area contributed by atoms with Gasteiger partial charge in [0.2, 0.25) is 12.3 Å². The van der Waals surface area contributed by atoms with E-state index < -0.39 is 23.7 Å². The largest absolute Gasteiger partial charge is 0.476 e. The zero-order valence-corrected chi connectivity index (χ0v) is 16.5. The van der Waals surface area contributed by atoms with Crippen LogP contribution in [0.5, 0.6) is 0 Å². The van der Waals surface area contributed by atoms with E-state index in [9.17, 15) is 22.8 Å². The second-order valence-electron chi connectivity index (χ2n) is 7.11. The molecule has 0 spiro atoms. The Morgan fingerprint density at radius 1 is 1.12 bits per heavy atom. The minimum atomic E-state index is -4.51. The van der Waals surface area contributed by atoms with Gasteiger partial charge in [0.25, 0.3) is 0 Å². The molecule has 0 radical (unpaired) electrons. The second-order valence-corrected chi connectivity index (χ2v) is 7.11. The van der Waals surface area contributed by atoms with Crippen LogP contribution in [0.2, 0.25) is 0 Å². The first-order valence-electron chi connectivity index (χ1n) is 9.49. The van der Waals surface area contributed by atoms with Crippen molar-refractivity contribution in [1.29, 1.82) is 0 Å². The van der Waals surface area contributed by atoms with Gasteiger partial charge in [0.15, 0.2) is 5.69 Å². The van der Waals surface area contributed by atoms with E-state index in [-0.39, 0.29) is 17.1 Å². The number of aromatic nitrogens is 4. The summed E-state index contributed by atoms with van der Waals surface area (Å²) < 4.78 is 45.5. The van der Waals surface area contributed by atoms with Crippen molar-refractivity contribution < 1.29 is 32.3 Å². The third kappa shape index (κ3) is 4.46. The van der Waals surface area contributed by atoms with Gasteiger partial charge in [-0.3, -0.25) is 4.90 Å². The average molecular weight is 450 g/mol. The number of nitrogens with zero attached hydrogens (tertiary/aromatic N) is 6. The Hall–Kier alpha value is -3.74. The smallest absolute Gasteiger partial charge is 0.416 e. The molecule has 0 saturated carbocycles. The topological polar surface area (TPSA) is 118 Å². The van der Waals surface area contributed by atoms with Crippen LogP contribution in [-0.2, 0) is 12.7 Å². The lowest BCUT2D eigenvalue weighted by Gasteiger charge is -2.34. The number of carboxylic acids is 1. The number of alkyl halides is 3. The summed E-state index contributed by atoms with van der Waals surface area (Å²) in [6.45, 7) is 1.93. The summed E-state index contributed by atoms with van der Waals surface area (Å²) >= 11 is 0. The summed E-state index contributed by atoms with van der Waals surface area (Å²) in [5.41, 5.74) is -0.258. The van der Waals surface area contributed by atoms with Crippen molar-refractivity contribution >= 4 is 12.0 Å². The van der Waals surface area contributed by atoms with E-state index in [4.69, 9.17) is 9.52 Å². The van der Waals surface area contributed by atoms with Gasteiger partial charge in [-0.05, 0) is 23.8 Å². The number of piperazine rings is 1. The Labute approximate surface area is 178 Å². The van der Waals surface area contributed by atoms with Crippen LogP contribution in [0.15, 0.2) is 41.3 Å². The summed E-state index contributed by atoms with van der Waals surface area (Å²) in [5.74, 6) is -1.23. The molecule has 168 valence electrons. The molecule has 3 heterocycles. The number of benzene rings is 1. The van der Waals surface area contributed by atoms with E-state index in [2.05, 4.69) is 15.3 Å². The van der Waals surface area contributed by atoms with Gasteiger partial charge in [-0.2, -0.15) is 23.0 Å². The molecule has 0 atom stereocenters. The van der Waals surface area contributed by atoms with Crippen molar-refractivity contribution in [3.8, 4) is 11.5 Å². The molecule has 10 nitrogen and oxygen atoms in total. The number of carbonyl (C=O) groups is 2. The van der Waals surface area contributed by atoms with Gasteiger partial charge in [0.1, 0.15) is 0 Å². The zero-order chi connectivity index (χ0) is 22.9. The van der Waals surface area contributed by atoms with Gasteiger partial charge in [-0.15, -0.1) is 10.2 Å². The van der Waals surface area contributed by atoms with E-state index in [0.717, 1.165) is 23.2 Å². The molecule has 1 saturated heterocycles. The fourth-order valence-electron chi connectivity index (χ4n) is 3.41. The van der Waals surface area contributed by atoms with Crippen LogP contribution in [-0.4, -0.2) is 73.1 Å². The van der Waals surface area contributed by atoms with Gasteiger partial charge in [0.05, 0.1) is 5.56 Å². The maximum Gasteiger partial charge on any atom is 0.416 e. The van der Waals surface area contributed by atoms with Gasteiger partial charge in [-0.25, -0.2) is 9.59 Å². The molecule has 1 aliphatic rings. The van der Waals surface area contributed by atoms with Gasteiger partial charge in [-0.1, -0.05) is 6.07 Å². The molecule has 1 aliphatic heterocycles. The molecular weight excluding hydrogens is 433 g/mol. The van der Waals surface area contributed by atoms with E-state index >= 15 is 0 Å². The molecular formula is C19H17F3N6O4. The molecule has 0 unspecified atom stereocenters. The highest BCUT2D eigenvalue weighted by atomic mass is 19.4. The lowest BCUT2D eigenvalue weighted by atomic mass is 10.0. The van der Waals surface area contributed by atoms with Crippen LogP contribution in [0.3, 0.4) is 0 Å². The Morgan fingerprint density at radius 2 is 1.88 bits per heavy atom. The standard InChI is InChI=1S/C19H17F3N6O4/c20-19(21,22)13-2-1-12(14(9-13)16-24-23-11-32-16)10-26-5-7-27(8-6-26)18(31)28-4-3-15(25-28)17(29)30/h1-4,9,11H,5-8,10H2,(H,29,30). The minimum Gasteiger partial charge on any atom is -0.476 e. The maximum atomic E-state index is 13.2. The van der Waals surface area contributed by atoms with Gasteiger partial charge < -0.3 is 14.4 Å². The third-order valence-corrected chi connectivity index (χ3v) is 5.07. The summed E-state index contributed by atoms with van der Waals surface area (Å²) in [7, 11) is 0. The SMILES string of the molecule is O=C(O)c1ccn(C(=O)N2CCN(Cc3ccc(C(F)(F)F)cc3-c3nnco3)CC2)n1. The molecule has 32 heavy (non-hydrogen) atoms. The van der Waals surface area contributed by atoms with Crippen molar-refractivity contribution in [2.45, 2.75) is 12.7 Å². The first-order chi connectivity index (χ1) is 15.2. The Bertz CT molecular complexity index is 1120. The molecule has 1 N–H and O–H groups in total. The van der Waals surface area contributed by atoms with E-state index in [1.54, 1.807) is 0 Å². The molecule has 1 amide bonds. The fraction of sp³-hybridized carbons (Fsp3) is 0.316. The van der Waals surface area contributed by atoms with Crippen LogP contribution in [0.1, 0.15) is 21.6 Å². The number of hydrogen-bond acceptors (Lipinski definition) is 7. The molecule has 0 bridgehead atoms. The molecule has 4 rings (SSSR count). The van der Waals surface area contributed by atoms with Crippen molar-refractivity contribution in [1.82, 2.24) is 29.8 Å². The number of rotatable bonds is 4. The minimum absolute atomic E-state index is 0.00664. The molecule has 1 fully saturated rings. The summed E-state index contributed by atoms with van der Waals surface area (Å²) in [6.07, 6.45) is -2.17. The van der Waals surface area contributed by atoms with Gasteiger partial charge in [0, 0.05) is 44.5 Å². The van der Waals surface area contributed by atoms with E-state index in [1.165, 1.54) is 23.2 Å². The maximum absolute atomic E-state index is 13.2. The molecule has 3 aromatic rings. The summed E-state index contributed by atoms with van der Waals surface area (Å²) in [4.78, 5) is 27.0. The first-order valence-corrected chi connectivity index (χ1v) is 9.49. The molecule has 13 heteroatoms. The Kier molecular flexibility index (Phi) is 5.65. The number of hydrogen-bond donors (Lipinski definition) is 1. The Balaban J connectivity index is 1.45. The summed E-state index contributed by atoms with van der Waals surface area (Å²) in [6, 6.07) is 4.17. The number of carboxylic acid groups (broad SMARTS) is 1. The predicted molar refractivity (Wildman–Crippen MR) is 102 cm³/mol. The van der Waals surface area contributed by atoms with E-state index in [0.29, 0.717) is 38.3 Å².